The van der Waals surface area contributed by atoms with Crippen molar-refractivity contribution in [1.82, 2.24) is 9.97 Å². The highest BCUT2D eigenvalue weighted by atomic mass is 32.2. The van der Waals surface area contributed by atoms with Crippen LogP contribution in [0.3, 0.4) is 0 Å². The Bertz CT molecular complexity index is 1140. The van der Waals surface area contributed by atoms with Crippen molar-refractivity contribution < 1.29 is 9.13 Å². The standard InChI is InChI=1S/C20H17FN2O2S3/c1-12(26-10-8-25-15-6-3-2-5-14(15)21)18-22-19(24)17-13(11-28-20(17)23-18)16-7-4-9-27-16/h2-7,9,11-12H,8,10H2,1H3,(H,22,23,24)/t12-/m0/s1. The van der Waals surface area contributed by atoms with Crippen molar-refractivity contribution in [3.8, 4) is 16.2 Å². The minimum absolute atomic E-state index is 0.00592. The van der Waals surface area contributed by atoms with Crippen LogP contribution in [0.15, 0.2) is 52.0 Å². The van der Waals surface area contributed by atoms with Gasteiger partial charge in [0.1, 0.15) is 10.7 Å². The molecule has 0 spiro atoms. The summed E-state index contributed by atoms with van der Waals surface area (Å²) in [5.41, 5.74) is 0.827. The number of hydrogen-bond acceptors (Lipinski definition) is 6. The van der Waals surface area contributed by atoms with Gasteiger partial charge in [-0.15, -0.1) is 34.4 Å². The van der Waals surface area contributed by atoms with Gasteiger partial charge in [-0.05, 0) is 30.5 Å². The fraction of sp³-hybridized carbons (Fsp3) is 0.200. The number of nitrogens with one attached hydrogen (secondary N) is 1. The van der Waals surface area contributed by atoms with Crippen LogP contribution in [0, 0.1) is 5.82 Å². The second-order valence-electron chi connectivity index (χ2n) is 6.05. The van der Waals surface area contributed by atoms with Gasteiger partial charge in [0.15, 0.2) is 11.6 Å². The second-order valence-corrected chi connectivity index (χ2v) is 9.30. The van der Waals surface area contributed by atoms with Crippen LogP contribution in [0.4, 0.5) is 4.39 Å². The number of H-pyrrole nitrogens is 1. The zero-order chi connectivity index (χ0) is 19.5. The molecule has 0 radical (unpaired) electrons. The minimum Gasteiger partial charge on any atom is -0.490 e. The molecule has 0 aliphatic carbocycles. The van der Waals surface area contributed by atoms with E-state index in [-0.39, 0.29) is 22.4 Å². The lowest BCUT2D eigenvalue weighted by atomic mass is 10.2. The molecule has 4 aromatic rings. The summed E-state index contributed by atoms with van der Waals surface area (Å²) in [6.07, 6.45) is 0. The van der Waals surface area contributed by atoms with Gasteiger partial charge in [0, 0.05) is 21.6 Å². The molecular weight excluding hydrogens is 415 g/mol. The highest BCUT2D eigenvalue weighted by Crippen LogP contribution is 2.34. The number of para-hydroxylation sites is 1. The molecule has 144 valence electrons. The van der Waals surface area contributed by atoms with Crippen LogP contribution in [0.25, 0.3) is 20.7 Å². The Hall–Kier alpha value is -2.16. The summed E-state index contributed by atoms with van der Waals surface area (Å²) >= 11 is 4.70. The molecule has 1 aromatic carbocycles. The molecule has 4 rings (SSSR count). The largest absolute Gasteiger partial charge is 0.490 e. The van der Waals surface area contributed by atoms with E-state index >= 15 is 0 Å². The Labute approximate surface area is 173 Å². The Kier molecular flexibility index (Phi) is 5.79. The number of rotatable bonds is 7. The molecule has 1 atom stereocenters. The molecule has 28 heavy (non-hydrogen) atoms. The highest BCUT2D eigenvalue weighted by Gasteiger charge is 2.16. The van der Waals surface area contributed by atoms with Gasteiger partial charge >= 0.3 is 0 Å². The first-order chi connectivity index (χ1) is 13.6. The van der Waals surface area contributed by atoms with E-state index in [0.29, 0.717) is 23.6 Å². The molecule has 3 aromatic heterocycles. The van der Waals surface area contributed by atoms with Crippen LogP contribution in [0.5, 0.6) is 5.75 Å². The number of nitrogens with zero attached hydrogens (tertiary/aromatic N) is 1. The number of thioether (sulfide) groups is 1. The molecule has 0 aliphatic rings. The number of benzene rings is 1. The Morgan fingerprint density at radius 2 is 2.11 bits per heavy atom. The number of aromatic amines is 1. The predicted octanol–water partition coefficient (Wildman–Crippen LogP) is 5.73. The van der Waals surface area contributed by atoms with Crippen molar-refractivity contribution in [2.45, 2.75) is 12.2 Å². The lowest BCUT2D eigenvalue weighted by molar-refractivity contribution is 0.325. The van der Waals surface area contributed by atoms with E-state index in [2.05, 4.69) is 9.97 Å². The van der Waals surface area contributed by atoms with Crippen LogP contribution >= 0.6 is 34.4 Å². The van der Waals surface area contributed by atoms with E-state index in [4.69, 9.17) is 4.74 Å². The molecular formula is C20H17FN2O2S3. The van der Waals surface area contributed by atoms with E-state index in [1.165, 1.54) is 17.4 Å². The number of aromatic nitrogens is 2. The van der Waals surface area contributed by atoms with Gasteiger partial charge in [-0.25, -0.2) is 9.37 Å². The summed E-state index contributed by atoms with van der Waals surface area (Å²) in [6, 6.07) is 10.3. The average Bonchev–Trinajstić information content (AvgIpc) is 3.35. The Balaban J connectivity index is 1.44. The van der Waals surface area contributed by atoms with Gasteiger partial charge in [0.05, 0.1) is 17.2 Å². The van der Waals surface area contributed by atoms with Crippen molar-refractivity contribution in [3.63, 3.8) is 0 Å². The van der Waals surface area contributed by atoms with Gasteiger partial charge in [-0.1, -0.05) is 18.2 Å². The summed E-state index contributed by atoms with van der Waals surface area (Å²) in [5, 5.41) is 4.63. The average molecular weight is 433 g/mol. The first-order valence-electron chi connectivity index (χ1n) is 8.67. The van der Waals surface area contributed by atoms with Crippen molar-refractivity contribution >= 4 is 44.7 Å². The number of thiophene rings is 2. The van der Waals surface area contributed by atoms with Crippen LogP contribution < -0.4 is 10.3 Å². The molecule has 3 heterocycles. The lowest BCUT2D eigenvalue weighted by Crippen LogP contribution is -2.13. The third kappa shape index (κ3) is 3.99. The minimum atomic E-state index is -0.365. The number of halogens is 1. The molecule has 0 fully saturated rings. The zero-order valence-electron chi connectivity index (χ0n) is 15.0. The van der Waals surface area contributed by atoms with Crippen LogP contribution in [0.1, 0.15) is 18.0 Å². The van der Waals surface area contributed by atoms with Gasteiger partial charge < -0.3 is 9.72 Å². The Morgan fingerprint density at radius 3 is 2.89 bits per heavy atom. The summed E-state index contributed by atoms with van der Waals surface area (Å²) in [5.74, 6) is 1.19. The maximum Gasteiger partial charge on any atom is 0.260 e. The highest BCUT2D eigenvalue weighted by molar-refractivity contribution is 7.99. The summed E-state index contributed by atoms with van der Waals surface area (Å²) in [7, 11) is 0. The quantitative estimate of drug-likeness (QED) is 0.379. The van der Waals surface area contributed by atoms with Gasteiger partial charge in [-0.3, -0.25) is 4.79 Å². The third-order valence-corrected chi connectivity index (χ3v) is 7.08. The predicted molar refractivity (Wildman–Crippen MR) is 116 cm³/mol. The fourth-order valence-corrected chi connectivity index (χ4v) is 5.36. The van der Waals surface area contributed by atoms with Crippen molar-refractivity contribution in [2.75, 3.05) is 12.4 Å². The van der Waals surface area contributed by atoms with Crippen molar-refractivity contribution in [2.24, 2.45) is 0 Å². The number of hydrogen-bond donors (Lipinski definition) is 1. The third-order valence-electron chi connectivity index (χ3n) is 4.18. The summed E-state index contributed by atoms with van der Waals surface area (Å²) < 4.78 is 19.0. The number of ether oxygens (including phenoxy) is 1. The first kappa shape index (κ1) is 19.2. The zero-order valence-corrected chi connectivity index (χ0v) is 17.4. The van der Waals surface area contributed by atoms with Crippen LogP contribution in [-0.4, -0.2) is 22.3 Å². The molecule has 1 N–H and O–H groups in total. The van der Waals surface area contributed by atoms with E-state index in [0.717, 1.165) is 15.3 Å². The summed E-state index contributed by atoms with van der Waals surface area (Å²) in [4.78, 5) is 22.1. The van der Waals surface area contributed by atoms with Gasteiger partial charge in [-0.2, -0.15) is 0 Å². The SMILES string of the molecule is C[C@H](SCCOc1ccccc1F)c1nc2scc(-c3cccs3)c2c(=O)[nH]1. The molecule has 0 amide bonds. The monoisotopic (exact) mass is 432 g/mol. The van der Waals surface area contributed by atoms with E-state index in [9.17, 15) is 9.18 Å². The summed E-state index contributed by atoms with van der Waals surface area (Å²) in [6.45, 7) is 2.37. The van der Waals surface area contributed by atoms with E-state index < -0.39 is 0 Å². The molecule has 0 bridgehead atoms. The molecule has 0 saturated carbocycles. The fourth-order valence-electron chi connectivity index (χ4n) is 2.79. The first-order valence-corrected chi connectivity index (χ1v) is 11.5. The topological polar surface area (TPSA) is 55.0 Å². The van der Waals surface area contributed by atoms with Crippen molar-refractivity contribution in [3.05, 3.63) is 69.2 Å². The molecule has 0 unspecified atom stereocenters. The Morgan fingerprint density at radius 1 is 1.25 bits per heavy atom. The van der Waals surface area contributed by atoms with Crippen molar-refractivity contribution in [1.29, 1.82) is 0 Å². The normalized spacial score (nSPS) is 12.4. The van der Waals surface area contributed by atoms with Crippen LogP contribution in [-0.2, 0) is 0 Å². The molecule has 8 heteroatoms. The van der Waals surface area contributed by atoms with Gasteiger partial charge in [0.25, 0.3) is 5.56 Å². The molecule has 4 nitrogen and oxygen atoms in total. The van der Waals surface area contributed by atoms with E-state index in [1.807, 2.05) is 29.8 Å². The van der Waals surface area contributed by atoms with Gasteiger partial charge in [0.2, 0.25) is 0 Å². The smallest absolute Gasteiger partial charge is 0.260 e. The molecule has 0 saturated heterocycles. The lowest BCUT2D eigenvalue weighted by Gasteiger charge is -2.11. The number of fused-ring (bicyclic) bond motifs is 1. The molecule has 0 aliphatic heterocycles. The van der Waals surface area contributed by atoms with E-state index in [1.54, 1.807) is 41.3 Å². The maximum absolute atomic E-state index is 13.6. The maximum atomic E-state index is 13.6. The van der Waals surface area contributed by atoms with Crippen LogP contribution in [0.2, 0.25) is 0 Å². The second kappa shape index (κ2) is 8.46.